The molecule has 0 aliphatic carbocycles. The summed E-state index contributed by atoms with van der Waals surface area (Å²) in [5.41, 5.74) is 1.05. The highest BCUT2D eigenvalue weighted by molar-refractivity contribution is 5.11. The number of piperidine rings is 1. The lowest BCUT2D eigenvalue weighted by molar-refractivity contribution is 0.114. The first-order valence-electron chi connectivity index (χ1n) is 6.46. The van der Waals surface area contributed by atoms with E-state index in [1.165, 1.54) is 12.8 Å². The van der Waals surface area contributed by atoms with Crippen molar-refractivity contribution in [3.8, 4) is 0 Å². The van der Waals surface area contributed by atoms with E-state index in [0.717, 1.165) is 37.5 Å². The fourth-order valence-corrected chi connectivity index (χ4v) is 2.52. The Kier molecular flexibility index (Phi) is 4.18. The van der Waals surface area contributed by atoms with Crippen LogP contribution in [0.1, 0.15) is 44.1 Å². The second-order valence-electron chi connectivity index (χ2n) is 5.24. The van der Waals surface area contributed by atoms with Crippen molar-refractivity contribution in [2.24, 2.45) is 5.92 Å². The Hall–Kier alpha value is -0.870. The monoisotopic (exact) mass is 238 g/mol. The van der Waals surface area contributed by atoms with Crippen molar-refractivity contribution in [2.45, 2.75) is 39.2 Å². The molecule has 96 valence electrons. The van der Waals surface area contributed by atoms with Crippen LogP contribution in [0, 0.1) is 5.92 Å². The van der Waals surface area contributed by atoms with E-state index in [1.54, 1.807) is 0 Å². The number of aliphatic hydroxyl groups excluding tert-OH is 1. The van der Waals surface area contributed by atoms with Crippen LogP contribution in [0.5, 0.6) is 0 Å². The molecule has 1 aromatic rings. The van der Waals surface area contributed by atoms with Gasteiger partial charge in [-0.1, -0.05) is 13.8 Å². The zero-order chi connectivity index (χ0) is 12.3. The molecule has 1 aromatic heterocycles. The number of likely N-dealkylation sites (tertiary alicyclic amines) is 1. The molecule has 1 aliphatic rings. The number of rotatable bonds is 4. The number of aromatic nitrogens is 1. The molecule has 4 heteroatoms. The molecule has 1 atom stereocenters. The van der Waals surface area contributed by atoms with Crippen LogP contribution in [0.2, 0.25) is 0 Å². The first-order chi connectivity index (χ1) is 8.20. The molecule has 17 heavy (non-hydrogen) atoms. The maximum Gasteiger partial charge on any atom is 0.181 e. The molecule has 0 bridgehead atoms. The van der Waals surface area contributed by atoms with Crippen LogP contribution in [0.15, 0.2) is 10.8 Å². The zero-order valence-electron chi connectivity index (χ0n) is 10.7. The molecule has 0 aromatic carbocycles. The number of hydrogen-bond donors (Lipinski definition) is 1. The van der Waals surface area contributed by atoms with E-state index in [0.29, 0.717) is 18.4 Å². The average molecular weight is 238 g/mol. The summed E-state index contributed by atoms with van der Waals surface area (Å²) >= 11 is 0. The fraction of sp³-hybridized carbons (Fsp3) is 0.769. The summed E-state index contributed by atoms with van der Waals surface area (Å²) in [6.45, 7) is 7.46. The van der Waals surface area contributed by atoms with Gasteiger partial charge >= 0.3 is 0 Å². The zero-order valence-corrected chi connectivity index (χ0v) is 10.7. The summed E-state index contributed by atoms with van der Waals surface area (Å²) < 4.78 is 5.43. The van der Waals surface area contributed by atoms with E-state index in [4.69, 9.17) is 4.42 Å². The van der Waals surface area contributed by atoms with Gasteiger partial charge in [0, 0.05) is 25.6 Å². The molecule has 4 nitrogen and oxygen atoms in total. The molecule has 0 spiro atoms. The van der Waals surface area contributed by atoms with Crippen LogP contribution < -0.4 is 0 Å². The molecule has 1 unspecified atom stereocenters. The largest absolute Gasteiger partial charge is 0.448 e. The lowest BCUT2D eigenvalue weighted by atomic mass is 9.98. The molecule has 2 heterocycles. The highest BCUT2D eigenvalue weighted by Crippen LogP contribution is 2.22. The molecule has 2 rings (SSSR count). The Morgan fingerprint density at radius 1 is 1.59 bits per heavy atom. The van der Waals surface area contributed by atoms with Crippen molar-refractivity contribution in [1.29, 1.82) is 0 Å². The second-order valence-corrected chi connectivity index (χ2v) is 5.24. The Morgan fingerprint density at radius 2 is 2.41 bits per heavy atom. The third-order valence-electron chi connectivity index (χ3n) is 3.43. The van der Waals surface area contributed by atoms with Gasteiger partial charge in [0.2, 0.25) is 0 Å². The highest BCUT2D eigenvalue weighted by atomic mass is 16.3. The van der Waals surface area contributed by atoms with Gasteiger partial charge in [-0.05, 0) is 25.3 Å². The van der Waals surface area contributed by atoms with E-state index in [2.05, 4.69) is 23.7 Å². The Bertz CT molecular complexity index is 349. The van der Waals surface area contributed by atoms with Crippen LogP contribution in [0.3, 0.4) is 0 Å². The van der Waals surface area contributed by atoms with Crippen molar-refractivity contribution in [3.05, 3.63) is 17.8 Å². The summed E-state index contributed by atoms with van der Waals surface area (Å²) in [5.74, 6) is 1.81. The molecule has 0 saturated carbocycles. The topological polar surface area (TPSA) is 49.5 Å². The standard InChI is InChI=1S/C13H22N2O2/c1-10(2)13-12(14-9-17-13)7-15-5-3-4-11(6-15)8-16/h9-11,16H,3-8H2,1-2H3. The molecule has 0 amide bonds. The van der Waals surface area contributed by atoms with Gasteiger partial charge in [0.1, 0.15) is 5.76 Å². The van der Waals surface area contributed by atoms with Crippen molar-refractivity contribution < 1.29 is 9.52 Å². The molecule has 1 aliphatic heterocycles. The SMILES string of the molecule is CC(C)c1ocnc1CN1CCCC(CO)C1. The minimum Gasteiger partial charge on any atom is -0.448 e. The molecule has 0 radical (unpaired) electrons. The summed E-state index contributed by atoms with van der Waals surface area (Å²) in [4.78, 5) is 6.68. The average Bonchev–Trinajstić information content (AvgIpc) is 2.77. The fourth-order valence-electron chi connectivity index (χ4n) is 2.52. The molecular formula is C13H22N2O2. The smallest absolute Gasteiger partial charge is 0.181 e. The number of hydrogen-bond acceptors (Lipinski definition) is 4. The van der Waals surface area contributed by atoms with E-state index in [9.17, 15) is 5.11 Å². The van der Waals surface area contributed by atoms with Gasteiger partial charge in [0.25, 0.3) is 0 Å². The van der Waals surface area contributed by atoms with Gasteiger partial charge in [-0.25, -0.2) is 4.98 Å². The first-order valence-corrected chi connectivity index (χ1v) is 6.46. The number of nitrogens with zero attached hydrogens (tertiary/aromatic N) is 2. The Balaban J connectivity index is 1.98. The number of aliphatic hydroxyl groups is 1. The van der Waals surface area contributed by atoms with Crippen molar-refractivity contribution >= 4 is 0 Å². The second kappa shape index (κ2) is 5.65. The van der Waals surface area contributed by atoms with Crippen LogP contribution in [0.4, 0.5) is 0 Å². The van der Waals surface area contributed by atoms with Gasteiger partial charge in [-0.3, -0.25) is 4.90 Å². The summed E-state index contributed by atoms with van der Waals surface area (Å²) in [6.07, 6.45) is 3.85. The quantitative estimate of drug-likeness (QED) is 0.871. The van der Waals surface area contributed by atoms with Gasteiger partial charge in [0.15, 0.2) is 6.39 Å². The third kappa shape index (κ3) is 3.07. The maximum absolute atomic E-state index is 9.22. The van der Waals surface area contributed by atoms with Crippen molar-refractivity contribution in [1.82, 2.24) is 9.88 Å². The molecule has 1 fully saturated rings. The first kappa shape index (κ1) is 12.6. The molecular weight excluding hydrogens is 216 g/mol. The lowest BCUT2D eigenvalue weighted by Crippen LogP contribution is -2.36. The Morgan fingerprint density at radius 3 is 3.12 bits per heavy atom. The van der Waals surface area contributed by atoms with Crippen molar-refractivity contribution in [2.75, 3.05) is 19.7 Å². The molecule has 1 saturated heterocycles. The van der Waals surface area contributed by atoms with E-state index in [-0.39, 0.29) is 0 Å². The minimum absolute atomic E-state index is 0.298. The minimum atomic E-state index is 0.298. The van der Waals surface area contributed by atoms with Crippen LogP contribution >= 0.6 is 0 Å². The van der Waals surface area contributed by atoms with Crippen molar-refractivity contribution in [3.63, 3.8) is 0 Å². The summed E-state index contributed by atoms with van der Waals surface area (Å²) in [5, 5.41) is 9.22. The van der Waals surface area contributed by atoms with E-state index >= 15 is 0 Å². The van der Waals surface area contributed by atoms with E-state index < -0.39 is 0 Å². The van der Waals surface area contributed by atoms with Crippen LogP contribution in [0.25, 0.3) is 0 Å². The van der Waals surface area contributed by atoms with Gasteiger partial charge in [-0.2, -0.15) is 0 Å². The van der Waals surface area contributed by atoms with Crippen LogP contribution in [-0.2, 0) is 6.54 Å². The summed E-state index contributed by atoms with van der Waals surface area (Å²) in [6, 6.07) is 0. The normalized spacial score (nSPS) is 22.2. The third-order valence-corrected chi connectivity index (χ3v) is 3.43. The predicted molar refractivity (Wildman–Crippen MR) is 65.7 cm³/mol. The predicted octanol–water partition coefficient (Wildman–Crippen LogP) is 2.00. The Labute approximate surface area is 103 Å². The number of oxazole rings is 1. The summed E-state index contributed by atoms with van der Waals surface area (Å²) in [7, 11) is 0. The van der Waals surface area contributed by atoms with Gasteiger partial charge in [-0.15, -0.1) is 0 Å². The lowest BCUT2D eigenvalue weighted by Gasteiger charge is -2.31. The van der Waals surface area contributed by atoms with E-state index in [1.807, 2.05) is 0 Å². The van der Waals surface area contributed by atoms with Gasteiger partial charge in [0.05, 0.1) is 5.69 Å². The maximum atomic E-state index is 9.22. The van der Waals surface area contributed by atoms with Crippen LogP contribution in [-0.4, -0.2) is 34.7 Å². The highest BCUT2D eigenvalue weighted by Gasteiger charge is 2.21. The van der Waals surface area contributed by atoms with Gasteiger partial charge < -0.3 is 9.52 Å². The molecule has 1 N–H and O–H groups in total.